The highest BCUT2D eigenvalue weighted by atomic mass is 19.2. The number of ether oxygens (including phenoxy) is 1. The average Bonchev–Trinajstić information content (AvgIpc) is 2.92. The van der Waals surface area contributed by atoms with Crippen molar-refractivity contribution in [2.75, 3.05) is 5.32 Å². The highest BCUT2D eigenvalue weighted by Crippen LogP contribution is 2.17. The Morgan fingerprint density at radius 3 is 2.65 bits per heavy atom. The number of imidazole rings is 1. The fourth-order valence-corrected chi connectivity index (χ4v) is 1.62. The maximum atomic E-state index is 13.1. The Morgan fingerprint density at radius 2 is 2.09 bits per heavy atom. The molecule has 1 unspecified atom stereocenters. The first kappa shape index (κ1) is 15.9. The predicted molar refractivity (Wildman–Crippen MR) is 73.1 cm³/mol. The topological polar surface area (TPSA) is 115 Å². The minimum Gasteiger partial charge on any atom is -0.481 e. The molecule has 1 heterocycles. The quantitative estimate of drug-likeness (QED) is 0.893. The number of nitrogens with one attached hydrogen (secondary N) is 2. The van der Waals surface area contributed by atoms with Gasteiger partial charge in [0.2, 0.25) is 5.95 Å². The van der Waals surface area contributed by atoms with Crippen molar-refractivity contribution in [3.63, 3.8) is 0 Å². The van der Waals surface area contributed by atoms with Crippen molar-refractivity contribution >= 4 is 11.9 Å². The van der Waals surface area contributed by atoms with Crippen LogP contribution in [-0.2, 0) is 4.79 Å². The fraction of sp³-hybridized carbons (Fsp3) is 0.143. The number of hydrogen-bond acceptors (Lipinski definition) is 5. The smallest absolute Gasteiger partial charge is 0.267 e. The number of nitrogens with zero attached hydrogens (tertiary/aromatic N) is 3. The van der Waals surface area contributed by atoms with Crippen LogP contribution in [0.1, 0.15) is 18.3 Å². The molecule has 0 spiro atoms. The summed E-state index contributed by atoms with van der Waals surface area (Å²) in [4.78, 5) is 18.1. The second-order valence-electron chi connectivity index (χ2n) is 4.36. The number of amides is 1. The summed E-state index contributed by atoms with van der Waals surface area (Å²) in [7, 11) is 0. The van der Waals surface area contributed by atoms with Gasteiger partial charge in [-0.3, -0.25) is 10.1 Å². The zero-order valence-electron chi connectivity index (χ0n) is 11.7. The summed E-state index contributed by atoms with van der Waals surface area (Å²) >= 11 is 0. The summed E-state index contributed by atoms with van der Waals surface area (Å²) in [6.07, 6.45) is -1.05. The largest absolute Gasteiger partial charge is 0.481 e. The van der Waals surface area contributed by atoms with E-state index in [-0.39, 0.29) is 23.1 Å². The van der Waals surface area contributed by atoms with Gasteiger partial charge in [-0.25, -0.2) is 13.8 Å². The maximum absolute atomic E-state index is 13.1. The first-order valence-electron chi connectivity index (χ1n) is 6.27. The van der Waals surface area contributed by atoms with Gasteiger partial charge in [0.15, 0.2) is 29.1 Å². The lowest BCUT2D eigenvalue weighted by Gasteiger charge is -2.13. The van der Waals surface area contributed by atoms with E-state index in [9.17, 15) is 13.6 Å². The number of carbonyl (C=O) groups excluding carboxylic acids is 1. The van der Waals surface area contributed by atoms with Crippen LogP contribution in [0.15, 0.2) is 18.2 Å². The van der Waals surface area contributed by atoms with Gasteiger partial charge in [0, 0.05) is 6.07 Å². The molecule has 1 aromatic carbocycles. The van der Waals surface area contributed by atoms with E-state index in [0.29, 0.717) is 0 Å². The van der Waals surface area contributed by atoms with E-state index >= 15 is 0 Å². The Labute approximate surface area is 129 Å². The number of nitriles is 2. The number of anilines is 1. The number of hydrogen-bond donors (Lipinski definition) is 2. The van der Waals surface area contributed by atoms with Crippen molar-refractivity contribution in [3.8, 4) is 17.9 Å². The van der Waals surface area contributed by atoms with E-state index in [0.717, 1.165) is 12.1 Å². The van der Waals surface area contributed by atoms with Gasteiger partial charge in [-0.1, -0.05) is 0 Å². The van der Waals surface area contributed by atoms with E-state index in [2.05, 4.69) is 15.3 Å². The molecule has 2 aromatic rings. The number of aromatic amines is 1. The standard InChI is InChI=1S/C14H9F2N5O2/c1-7(23-8-2-3-9(15)10(16)4-8)13(22)21-14-19-11(5-17)12(6-18)20-14/h2-4,7H,1H3,(H2,19,20,21,22). The molecule has 2 rings (SSSR count). The highest BCUT2D eigenvalue weighted by Gasteiger charge is 2.18. The molecule has 0 aliphatic carbocycles. The van der Waals surface area contributed by atoms with Crippen LogP contribution in [0.25, 0.3) is 0 Å². The third-order valence-corrected chi connectivity index (χ3v) is 2.74. The highest BCUT2D eigenvalue weighted by molar-refractivity contribution is 5.92. The Bertz CT molecular complexity index is 803. The molecule has 0 bridgehead atoms. The number of aromatic nitrogens is 2. The van der Waals surface area contributed by atoms with Crippen molar-refractivity contribution in [1.82, 2.24) is 9.97 Å². The molecule has 1 atom stereocenters. The van der Waals surface area contributed by atoms with Gasteiger partial charge in [0.1, 0.15) is 17.9 Å². The summed E-state index contributed by atoms with van der Waals surface area (Å²) in [5.41, 5.74) is -0.242. The lowest BCUT2D eigenvalue weighted by Crippen LogP contribution is -2.30. The average molecular weight is 317 g/mol. The molecular weight excluding hydrogens is 308 g/mol. The van der Waals surface area contributed by atoms with E-state index in [1.54, 1.807) is 12.1 Å². The minimum atomic E-state index is -1.10. The van der Waals surface area contributed by atoms with E-state index < -0.39 is 23.6 Å². The third kappa shape index (κ3) is 3.60. The van der Waals surface area contributed by atoms with Gasteiger partial charge in [0.25, 0.3) is 5.91 Å². The summed E-state index contributed by atoms with van der Waals surface area (Å²) < 4.78 is 31.1. The van der Waals surface area contributed by atoms with Gasteiger partial charge >= 0.3 is 0 Å². The molecule has 0 saturated carbocycles. The van der Waals surface area contributed by atoms with Crippen LogP contribution >= 0.6 is 0 Å². The molecular formula is C14H9F2N5O2. The second kappa shape index (κ2) is 6.54. The molecule has 116 valence electrons. The summed E-state index contributed by atoms with van der Waals surface area (Å²) in [5.74, 6) is -2.90. The van der Waals surface area contributed by atoms with Crippen LogP contribution in [0.5, 0.6) is 5.75 Å². The number of carbonyl (C=O) groups is 1. The Balaban J connectivity index is 2.05. The molecule has 1 amide bonds. The van der Waals surface area contributed by atoms with Crippen molar-refractivity contribution in [3.05, 3.63) is 41.2 Å². The Kier molecular flexibility index (Phi) is 4.52. The number of H-pyrrole nitrogens is 1. The molecule has 7 nitrogen and oxygen atoms in total. The number of benzene rings is 1. The SMILES string of the molecule is CC(Oc1ccc(F)c(F)c1)C(=O)Nc1nc(C#N)c(C#N)[nH]1. The zero-order chi connectivity index (χ0) is 17.0. The molecule has 1 aromatic heterocycles. The van der Waals surface area contributed by atoms with E-state index in [1.807, 2.05) is 0 Å². The maximum Gasteiger partial charge on any atom is 0.267 e. The lowest BCUT2D eigenvalue weighted by atomic mass is 10.3. The van der Waals surface area contributed by atoms with Crippen molar-refractivity contribution in [2.45, 2.75) is 13.0 Å². The summed E-state index contributed by atoms with van der Waals surface area (Å²) in [6, 6.07) is 6.28. The van der Waals surface area contributed by atoms with Crippen LogP contribution in [0.2, 0.25) is 0 Å². The zero-order valence-corrected chi connectivity index (χ0v) is 11.7. The summed E-state index contributed by atoms with van der Waals surface area (Å²) in [5, 5.41) is 19.9. The fourth-order valence-electron chi connectivity index (χ4n) is 1.62. The molecule has 9 heteroatoms. The second-order valence-corrected chi connectivity index (χ2v) is 4.36. The Morgan fingerprint density at radius 1 is 1.35 bits per heavy atom. The van der Waals surface area contributed by atoms with Gasteiger partial charge in [-0.2, -0.15) is 10.5 Å². The van der Waals surface area contributed by atoms with E-state index in [4.69, 9.17) is 15.3 Å². The van der Waals surface area contributed by atoms with Gasteiger partial charge < -0.3 is 9.72 Å². The van der Waals surface area contributed by atoms with Crippen LogP contribution < -0.4 is 10.1 Å². The van der Waals surface area contributed by atoms with Crippen LogP contribution in [0.4, 0.5) is 14.7 Å². The number of rotatable bonds is 4. The molecule has 2 N–H and O–H groups in total. The van der Waals surface area contributed by atoms with Gasteiger partial charge in [0.05, 0.1) is 0 Å². The lowest BCUT2D eigenvalue weighted by molar-refractivity contribution is -0.122. The molecule has 0 aliphatic heterocycles. The van der Waals surface area contributed by atoms with Gasteiger partial charge in [-0.05, 0) is 19.1 Å². The molecule has 0 saturated heterocycles. The number of halogens is 2. The van der Waals surface area contributed by atoms with Gasteiger partial charge in [-0.15, -0.1) is 0 Å². The van der Waals surface area contributed by atoms with Crippen LogP contribution in [-0.4, -0.2) is 22.0 Å². The van der Waals surface area contributed by atoms with Crippen LogP contribution in [0.3, 0.4) is 0 Å². The molecule has 0 aliphatic rings. The normalized spacial score (nSPS) is 11.2. The Hall–Kier alpha value is -3.46. The monoisotopic (exact) mass is 317 g/mol. The van der Waals surface area contributed by atoms with Crippen molar-refractivity contribution in [1.29, 1.82) is 10.5 Å². The van der Waals surface area contributed by atoms with E-state index in [1.165, 1.54) is 13.0 Å². The first-order valence-corrected chi connectivity index (χ1v) is 6.27. The molecule has 0 fully saturated rings. The van der Waals surface area contributed by atoms with Crippen LogP contribution in [0, 0.1) is 34.3 Å². The summed E-state index contributed by atoms with van der Waals surface area (Å²) in [6.45, 7) is 1.38. The first-order chi connectivity index (χ1) is 10.9. The molecule has 23 heavy (non-hydrogen) atoms. The van der Waals surface area contributed by atoms with Crippen molar-refractivity contribution < 1.29 is 18.3 Å². The predicted octanol–water partition coefficient (Wildman–Crippen LogP) is 1.84. The van der Waals surface area contributed by atoms with Crippen molar-refractivity contribution in [2.24, 2.45) is 0 Å². The molecule has 0 radical (unpaired) electrons. The minimum absolute atomic E-state index is 0.0265. The third-order valence-electron chi connectivity index (χ3n) is 2.74.